The third kappa shape index (κ3) is 3.53. The molecule has 0 saturated heterocycles. The van der Waals surface area contributed by atoms with E-state index in [2.05, 4.69) is 15.3 Å². The van der Waals surface area contributed by atoms with Crippen molar-refractivity contribution in [1.82, 2.24) is 15.3 Å². The lowest BCUT2D eigenvalue weighted by Crippen LogP contribution is -2.24. The summed E-state index contributed by atoms with van der Waals surface area (Å²) in [4.78, 5) is 28.7. The average molecular weight is 327 g/mol. The molecular weight excluding hydrogens is 309 g/mol. The zero-order valence-electron chi connectivity index (χ0n) is 13.2. The van der Waals surface area contributed by atoms with Crippen LogP contribution < -0.4 is 11.0 Å². The maximum atomic E-state index is 13.7. The van der Waals surface area contributed by atoms with Crippen molar-refractivity contribution >= 4 is 16.9 Å². The highest BCUT2D eigenvalue weighted by Gasteiger charge is 2.14. The molecule has 0 unspecified atom stereocenters. The Morgan fingerprint density at radius 1 is 1.17 bits per heavy atom. The molecule has 24 heavy (non-hydrogen) atoms. The molecule has 3 N–H and O–H groups in total. The second-order valence-corrected chi connectivity index (χ2v) is 5.86. The van der Waals surface area contributed by atoms with Gasteiger partial charge in [-0.25, -0.2) is 9.18 Å². The summed E-state index contributed by atoms with van der Waals surface area (Å²) in [5.74, 6) is -0.636. The highest BCUT2D eigenvalue weighted by atomic mass is 19.1. The molecule has 0 aliphatic heterocycles. The van der Waals surface area contributed by atoms with E-state index in [0.29, 0.717) is 17.6 Å². The smallest absolute Gasteiger partial charge is 0.323 e. The number of carbonyl (C=O) groups is 1. The van der Waals surface area contributed by atoms with Crippen LogP contribution in [-0.2, 0) is 11.3 Å². The number of benzene rings is 2. The minimum Gasteiger partial charge on any atom is -0.352 e. The molecule has 1 atom stereocenters. The van der Waals surface area contributed by atoms with E-state index in [9.17, 15) is 14.0 Å². The standard InChI is InChI=1S/C18H18FN3O2/c1-11(13-4-2-3-5-14(13)19)8-17(23)20-10-12-6-7-15-16(9-12)22-18(24)21-15/h2-7,9,11H,8,10H2,1H3,(H,20,23)(H2,21,22,24)/t11-/m0/s1. The number of nitrogens with one attached hydrogen (secondary N) is 3. The van der Waals surface area contributed by atoms with Gasteiger partial charge in [0.1, 0.15) is 5.82 Å². The first-order valence-electron chi connectivity index (χ1n) is 7.75. The molecule has 0 fully saturated rings. The summed E-state index contributed by atoms with van der Waals surface area (Å²) in [6.07, 6.45) is 0.212. The topological polar surface area (TPSA) is 77.8 Å². The van der Waals surface area contributed by atoms with Gasteiger partial charge in [-0.1, -0.05) is 31.2 Å². The fraction of sp³-hybridized carbons (Fsp3) is 0.222. The predicted octanol–water partition coefficient (Wildman–Crippen LogP) is 2.81. The third-order valence-electron chi connectivity index (χ3n) is 4.00. The first kappa shape index (κ1) is 16.0. The number of hydrogen-bond acceptors (Lipinski definition) is 2. The van der Waals surface area contributed by atoms with Gasteiger partial charge in [-0.05, 0) is 35.2 Å². The molecule has 0 spiro atoms. The SMILES string of the molecule is C[C@@H](CC(=O)NCc1ccc2[nH]c(=O)[nH]c2c1)c1ccccc1F. The lowest BCUT2D eigenvalue weighted by atomic mass is 9.97. The Bertz CT molecular complexity index is 929. The van der Waals surface area contributed by atoms with Gasteiger partial charge in [-0.3, -0.25) is 4.79 Å². The number of halogens is 1. The molecule has 2 aromatic carbocycles. The molecule has 1 aromatic heterocycles. The van der Waals surface area contributed by atoms with Crippen LogP contribution in [0, 0.1) is 5.82 Å². The molecule has 0 saturated carbocycles. The van der Waals surface area contributed by atoms with Gasteiger partial charge < -0.3 is 15.3 Å². The van der Waals surface area contributed by atoms with Crippen LogP contribution in [-0.4, -0.2) is 15.9 Å². The molecule has 0 bridgehead atoms. The first-order valence-corrected chi connectivity index (χ1v) is 7.75. The largest absolute Gasteiger partial charge is 0.352 e. The highest BCUT2D eigenvalue weighted by Crippen LogP contribution is 2.21. The van der Waals surface area contributed by atoms with Gasteiger partial charge in [0.15, 0.2) is 0 Å². The first-order chi connectivity index (χ1) is 11.5. The van der Waals surface area contributed by atoms with Crippen LogP contribution in [0.15, 0.2) is 47.3 Å². The number of carbonyl (C=O) groups excluding carboxylic acids is 1. The Hall–Kier alpha value is -2.89. The second kappa shape index (κ2) is 6.70. The minimum absolute atomic E-state index is 0.145. The van der Waals surface area contributed by atoms with E-state index in [0.717, 1.165) is 11.1 Å². The molecule has 124 valence electrons. The Labute approximate surface area is 137 Å². The summed E-state index contributed by atoms with van der Waals surface area (Å²) >= 11 is 0. The average Bonchev–Trinajstić information content (AvgIpc) is 2.92. The summed E-state index contributed by atoms with van der Waals surface area (Å²) in [5, 5.41) is 2.83. The van der Waals surface area contributed by atoms with Crippen molar-refractivity contribution in [1.29, 1.82) is 0 Å². The van der Waals surface area contributed by atoms with Crippen LogP contribution in [0.3, 0.4) is 0 Å². The lowest BCUT2D eigenvalue weighted by Gasteiger charge is -2.13. The molecule has 1 heterocycles. The maximum Gasteiger partial charge on any atom is 0.323 e. The molecule has 5 nitrogen and oxygen atoms in total. The van der Waals surface area contributed by atoms with E-state index in [1.807, 2.05) is 19.1 Å². The maximum absolute atomic E-state index is 13.7. The van der Waals surface area contributed by atoms with E-state index >= 15 is 0 Å². The molecule has 6 heteroatoms. The quantitative estimate of drug-likeness (QED) is 0.674. The monoisotopic (exact) mass is 327 g/mol. The molecule has 3 rings (SSSR count). The van der Waals surface area contributed by atoms with Crippen LogP contribution in [0.1, 0.15) is 30.4 Å². The minimum atomic E-state index is -0.292. The highest BCUT2D eigenvalue weighted by molar-refractivity contribution is 5.78. The fourth-order valence-corrected chi connectivity index (χ4v) is 2.73. The number of aromatic amines is 2. The van der Waals surface area contributed by atoms with E-state index in [1.165, 1.54) is 6.07 Å². The van der Waals surface area contributed by atoms with Crippen LogP contribution in [0.5, 0.6) is 0 Å². The molecular formula is C18H18FN3O2. The van der Waals surface area contributed by atoms with Crippen molar-refractivity contribution < 1.29 is 9.18 Å². The van der Waals surface area contributed by atoms with Crippen LogP contribution in [0.25, 0.3) is 11.0 Å². The van der Waals surface area contributed by atoms with E-state index in [-0.39, 0.29) is 29.8 Å². The van der Waals surface area contributed by atoms with Crippen molar-refractivity contribution in [3.8, 4) is 0 Å². The van der Waals surface area contributed by atoms with Gasteiger partial charge in [0, 0.05) is 13.0 Å². The Morgan fingerprint density at radius 2 is 1.92 bits per heavy atom. The molecule has 0 aliphatic rings. The summed E-state index contributed by atoms with van der Waals surface area (Å²) in [7, 11) is 0. The number of H-pyrrole nitrogens is 2. The van der Waals surface area contributed by atoms with Crippen LogP contribution in [0.4, 0.5) is 4.39 Å². The molecule has 1 amide bonds. The normalized spacial score (nSPS) is 12.2. The number of rotatable bonds is 5. The third-order valence-corrected chi connectivity index (χ3v) is 4.00. The van der Waals surface area contributed by atoms with Gasteiger partial charge >= 0.3 is 5.69 Å². The molecule has 0 radical (unpaired) electrons. The van der Waals surface area contributed by atoms with Crippen molar-refractivity contribution in [2.75, 3.05) is 0 Å². The summed E-state index contributed by atoms with van der Waals surface area (Å²) in [5.41, 5.74) is 2.59. The van der Waals surface area contributed by atoms with E-state index < -0.39 is 0 Å². The number of imidazole rings is 1. The van der Waals surface area contributed by atoms with Crippen molar-refractivity contribution in [2.45, 2.75) is 25.8 Å². The Kier molecular flexibility index (Phi) is 4.46. The second-order valence-electron chi connectivity index (χ2n) is 5.86. The van der Waals surface area contributed by atoms with Crippen LogP contribution >= 0.6 is 0 Å². The Morgan fingerprint density at radius 3 is 2.71 bits per heavy atom. The van der Waals surface area contributed by atoms with Crippen molar-refractivity contribution in [3.05, 3.63) is 69.9 Å². The summed E-state index contributed by atoms with van der Waals surface area (Å²) < 4.78 is 13.7. The Balaban J connectivity index is 1.60. The van der Waals surface area contributed by atoms with Gasteiger partial charge in [0.05, 0.1) is 11.0 Å². The molecule has 3 aromatic rings. The molecule has 0 aliphatic carbocycles. The van der Waals surface area contributed by atoms with Gasteiger partial charge in [0.25, 0.3) is 0 Å². The van der Waals surface area contributed by atoms with E-state index in [1.54, 1.807) is 24.3 Å². The van der Waals surface area contributed by atoms with E-state index in [4.69, 9.17) is 0 Å². The van der Waals surface area contributed by atoms with Crippen LogP contribution in [0.2, 0.25) is 0 Å². The van der Waals surface area contributed by atoms with Crippen molar-refractivity contribution in [3.63, 3.8) is 0 Å². The van der Waals surface area contributed by atoms with Gasteiger partial charge in [-0.15, -0.1) is 0 Å². The summed E-state index contributed by atoms with van der Waals surface area (Å²) in [6.45, 7) is 2.18. The number of amides is 1. The lowest BCUT2D eigenvalue weighted by molar-refractivity contribution is -0.121. The number of fused-ring (bicyclic) bond motifs is 1. The number of hydrogen-bond donors (Lipinski definition) is 3. The summed E-state index contributed by atoms with van der Waals surface area (Å²) in [6, 6.07) is 11.9. The van der Waals surface area contributed by atoms with Crippen molar-refractivity contribution in [2.24, 2.45) is 0 Å². The predicted molar refractivity (Wildman–Crippen MR) is 90.2 cm³/mol. The zero-order chi connectivity index (χ0) is 17.1. The van der Waals surface area contributed by atoms with Gasteiger partial charge in [0.2, 0.25) is 5.91 Å². The number of aromatic nitrogens is 2. The zero-order valence-corrected chi connectivity index (χ0v) is 13.2. The van der Waals surface area contributed by atoms with Gasteiger partial charge in [-0.2, -0.15) is 0 Å². The fourth-order valence-electron chi connectivity index (χ4n) is 2.73.